The van der Waals surface area contributed by atoms with Gasteiger partial charge in [0.15, 0.2) is 0 Å². The maximum absolute atomic E-state index is 15.6. The molecule has 2 unspecified atom stereocenters. The van der Waals surface area contributed by atoms with E-state index in [0.717, 1.165) is 31.0 Å². The molecule has 2 bridgehead atoms. The number of nitrogens with one attached hydrogen (secondary N) is 1. The van der Waals surface area contributed by atoms with Crippen molar-refractivity contribution in [1.82, 2.24) is 15.1 Å². The van der Waals surface area contributed by atoms with Gasteiger partial charge in [0.2, 0.25) is 0 Å². The second kappa shape index (κ2) is 9.78. The molecule has 2 amide bonds. The number of piperidine rings is 2. The van der Waals surface area contributed by atoms with Crippen molar-refractivity contribution in [2.75, 3.05) is 20.6 Å². The summed E-state index contributed by atoms with van der Waals surface area (Å²) in [6.07, 6.45) is 2.33. The monoisotopic (exact) mass is 473 g/mol. The zero-order chi connectivity index (χ0) is 24.6. The fourth-order valence-corrected chi connectivity index (χ4v) is 5.22. The Bertz CT molecular complexity index is 1060. The predicted octanol–water partition coefficient (Wildman–Crippen LogP) is 4.40. The van der Waals surface area contributed by atoms with E-state index < -0.39 is 17.5 Å². The zero-order valence-corrected chi connectivity index (χ0v) is 19.7. The second-order valence-corrected chi connectivity index (χ2v) is 9.48. The van der Waals surface area contributed by atoms with E-state index in [1.165, 1.54) is 11.0 Å². The van der Waals surface area contributed by atoms with Crippen LogP contribution in [0.15, 0.2) is 36.4 Å². The number of hydrogen-bond donors (Lipinski definition) is 1. The van der Waals surface area contributed by atoms with Gasteiger partial charge in [-0.2, -0.15) is 0 Å². The average Bonchev–Trinajstić information content (AvgIpc) is 2.76. The first-order chi connectivity index (χ1) is 16.2. The Labute approximate surface area is 197 Å². The highest BCUT2D eigenvalue weighted by atomic mass is 19.1. The summed E-state index contributed by atoms with van der Waals surface area (Å²) in [7, 11) is 3.37. The number of fused-ring (bicyclic) bond motifs is 2. The minimum Gasteiger partial charge on any atom is -0.331 e. The Hall–Kier alpha value is -2.87. The van der Waals surface area contributed by atoms with Gasteiger partial charge < -0.3 is 15.1 Å². The number of hydrogen-bond acceptors (Lipinski definition) is 3. The van der Waals surface area contributed by atoms with Gasteiger partial charge >= 0.3 is 6.03 Å². The highest BCUT2D eigenvalue weighted by Crippen LogP contribution is 2.44. The van der Waals surface area contributed by atoms with Crippen LogP contribution in [0.2, 0.25) is 0 Å². The van der Waals surface area contributed by atoms with Gasteiger partial charge in [0.25, 0.3) is 0 Å². The summed E-state index contributed by atoms with van der Waals surface area (Å²) in [4.78, 5) is 28.4. The molecule has 1 N–H and O–H groups in total. The Morgan fingerprint density at radius 2 is 1.76 bits per heavy atom. The first kappa shape index (κ1) is 24.3. The number of halogens is 3. The second-order valence-electron chi connectivity index (χ2n) is 9.48. The van der Waals surface area contributed by atoms with Gasteiger partial charge in [-0.25, -0.2) is 18.0 Å². The molecule has 0 spiro atoms. The van der Waals surface area contributed by atoms with Gasteiger partial charge in [-0.05, 0) is 48.4 Å². The lowest BCUT2D eigenvalue weighted by Crippen LogP contribution is -2.71. The molecule has 2 heterocycles. The van der Waals surface area contributed by atoms with Crippen LogP contribution in [0.25, 0.3) is 11.1 Å². The summed E-state index contributed by atoms with van der Waals surface area (Å²) in [6.45, 7) is 2.01. The van der Waals surface area contributed by atoms with E-state index in [-0.39, 0.29) is 54.0 Å². The molecule has 0 radical (unpaired) electrons. The number of carbonyl (C=O) groups excluding carboxylic acids is 2. The van der Waals surface area contributed by atoms with E-state index >= 15 is 4.39 Å². The van der Waals surface area contributed by atoms with Crippen LogP contribution in [-0.4, -0.2) is 60.4 Å². The molecular weight excluding hydrogens is 443 g/mol. The zero-order valence-electron chi connectivity index (χ0n) is 19.7. The molecule has 0 aromatic heterocycles. The number of ketones is 1. The Kier molecular flexibility index (Phi) is 6.98. The SMILES string of the molecule is CCC(=O)CNC1C2CC(C2)N(C(=O)N(C)C)C1Cc1cccc(-c2cc(F)cc(F)c2)c1F. The normalized spacial score (nSPS) is 23.4. The minimum absolute atomic E-state index is 0.0759. The van der Waals surface area contributed by atoms with Crippen molar-refractivity contribution in [1.29, 1.82) is 0 Å². The molecule has 2 aliphatic heterocycles. The molecule has 2 saturated heterocycles. The Morgan fingerprint density at radius 3 is 2.38 bits per heavy atom. The van der Waals surface area contributed by atoms with Crippen LogP contribution in [0.1, 0.15) is 31.7 Å². The lowest BCUT2D eigenvalue weighted by molar-refractivity contribution is -0.118. The Morgan fingerprint density at radius 1 is 1.09 bits per heavy atom. The highest BCUT2D eigenvalue weighted by Gasteiger charge is 2.52. The fraction of sp³-hybridized carbons (Fsp3) is 0.462. The average molecular weight is 474 g/mol. The summed E-state index contributed by atoms with van der Waals surface area (Å²) >= 11 is 0. The molecule has 3 aliphatic rings. The lowest BCUT2D eigenvalue weighted by atomic mass is 9.66. The van der Waals surface area contributed by atoms with E-state index in [4.69, 9.17) is 0 Å². The number of carbonyl (C=O) groups is 2. The number of benzene rings is 2. The molecule has 34 heavy (non-hydrogen) atoms. The van der Waals surface area contributed by atoms with Gasteiger partial charge in [-0.1, -0.05) is 25.1 Å². The van der Waals surface area contributed by atoms with Crippen molar-refractivity contribution in [2.45, 2.75) is 50.7 Å². The summed E-state index contributed by atoms with van der Waals surface area (Å²) < 4.78 is 43.2. The third-order valence-corrected chi connectivity index (χ3v) is 7.04. The smallest absolute Gasteiger partial charge is 0.320 e. The first-order valence-corrected chi connectivity index (χ1v) is 11.7. The largest absolute Gasteiger partial charge is 0.331 e. The van der Waals surface area contributed by atoms with Gasteiger partial charge in [-0.3, -0.25) is 4.79 Å². The van der Waals surface area contributed by atoms with E-state index in [1.807, 2.05) is 4.90 Å². The maximum atomic E-state index is 15.6. The molecule has 1 aliphatic carbocycles. The standard InChI is InChI=1S/C26H30F3N3O2/c1-4-21(33)14-30-25-17-10-20(11-17)32(26(34)31(2)3)23(25)12-15-6-5-7-22(24(15)29)16-8-18(27)13-19(28)9-16/h5-9,13,17,20,23,25,30H,4,10-12,14H2,1-3H3. The summed E-state index contributed by atoms with van der Waals surface area (Å²) in [6, 6.07) is 7.15. The van der Waals surface area contributed by atoms with Crippen molar-refractivity contribution >= 4 is 11.8 Å². The van der Waals surface area contributed by atoms with Crippen molar-refractivity contribution in [2.24, 2.45) is 5.92 Å². The topological polar surface area (TPSA) is 52.7 Å². The van der Waals surface area contributed by atoms with Gasteiger partial charge in [-0.15, -0.1) is 0 Å². The van der Waals surface area contributed by atoms with Gasteiger partial charge in [0, 0.05) is 44.2 Å². The predicted molar refractivity (Wildman–Crippen MR) is 124 cm³/mol. The fourth-order valence-electron chi connectivity index (χ4n) is 5.22. The molecule has 2 aromatic carbocycles. The van der Waals surface area contributed by atoms with E-state index in [9.17, 15) is 18.4 Å². The first-order valence-electron chi connectivity index (χ1n) is 11.7. The molecule has 5 rings (SSSR count). The van der Waals surface area contributed by atoms with Crippen molar-refractivity contribution in [3.8, 4) is 11.1 Å². The molecule has 5 nitrogen and oxygen atoms in total. The van der Waals surface area contributed by atoms with Crippen LogP contribution in [0, 0.1) is 23.4 Å². The van der Waals surface area contributed by atoms with E-state index in [1.54, 1.807) is 33.2 Å². The highest BCUT2D eigenvalue weighted by molar-refractivity contribution is 5.80. The third kappa shape index (κ3) is 4.69. The maximum Gasteiger partial charge on any atom is 0.320 e. The summed E-state index contributed by atoms with van der Waals surface area (Å²) in [5.74, 6) is -1.74. The molecule has 2 aromatic rings. The summed E-state index contributed by atoms with van der Waals surface area (Å²) in [5.41, 5.74) is 0.583. The molecule has 8 heteroatoms. The molecule has 1 saturated carbocycles. The molecule has 2 atom stereocenters. The Balaban J connectivity index is 1.68. The van der Waals surface area contributed by atoms with Gasteiger partial charge in [0.05, 0.1) is 12.6 Å². The lowest BCUT2D eigenvalue weighted by Gasteiger charge is -2.58. The minimum atomic E-state index is -0.778. The van der Waals surface area contributed by atoms with Crippen LogP contribution in [0.3, 0.4) is 0 Å². The van der Waals surface area contributed by atoms with E-state index in [2.05, 4.69) is 5.32 Å². The van der Waals surface area contributed by atoms with Crippen molar-refractivity contribution < 1.29 is 22.8 Å². The quantitative estimate of drug-likeness (QED) is 0.649. The van der Waals surface area contributed by atoms with Crippen molar-refractivity contribution in [3.63, 3.8) is 0 Å². The van der Waals surface area contributed by atoms with E-state index in [0.29, 0.717) is 17.9 Å². The van der Waals surface area contributed by atoms with Gasteiger partial charge in [0.1, 0.15) is 23.2 Å². The number of amides is 2. The van der Waals surface area contributed by atoms with Crippen LogP contribution in [0.5, 0.6) is 0 Å². The number of rotatable bonds is 7. The molecule has 3 fully saturated rings. The van der Waals surface area contributed by atoms with Crippen LogP contribution in [-0.2, 0) is 11.2 Å². The van der Waals surface area contributed by atoms with Crippen molar-refractivity contribution in [3.05, 3.63) is 59.4 Å². The molecule has 182 valence electrons. The number of Topliss-reactive ketones (excluding diaryl/α,β-unsaturated/α-hetero) is 1. The summed E-state index contributed by atoms with van der Waals surface area (Å²) in [5, 5.41) is 3.35. The van der Waals surface area contributed by atoms with Crippen LogP contribution < -0.4 is 5.32 Å². The third-order valence-electron chi connectivity index (χ3n) is 7.04. The molecular formula is C26H30F3N3O2. The van der Waals surface area contributed by atoms with Crippen LogP contribution >= 0.6 is 0 Å². The van der Waals surface area contributed by atoms with Crippen LogP contribution in [0.4, 0.5) is 18.0 Å². The number of nitrogens with zero attached hydrogens (tertiary/aromatic N) is 2. The number of urea groups is 1.